The van der Waals surface area contributed by atoms with Crippen molar-refractivity contribution in [3.63, 3.8) is 0 Å². The second-order valence-corrected chi connectivity index (χ2v) is 6.99. The van der Waals surface area contributed by atoms with Gasteiger partial charge in [0.05, 0.1) is 0 Å². The fourth-order valence-electron chi connectivity index (χ4n) is 3.34. The van der Waals surface area contributed by atoms with Crippen LogP contribution in [0, 0.1) is 5.92 Å². The Bertz CT molecular complexity index is 535. The lowest BCUT2D eigenvalue weighted by Crippen LogP contribution is -2.39. The smallest absolute Gasteiger partial charge is 0.191 e. The van der Waals surface area contributed by atoms with E-state index in [1.807, 2.05) is 7.05 Å². The van der Waals surface area contributed by atoms with Gasteiger partial charge in [-0.25, -0.2) is 0 Å². The first-order chi connectivity index (χ1) is 12.4. The van der Waals surface area contributed by atoms with Gasteiger partial charge < -0.3 is 20.1 Å². The molecule has 6 heteroatoms. The van der Waals surface area contributed by atoms with Crippen molar-refractivity contribution in [2.45, 2.75) is 37.6 Å². The molecule has 2 atom stereocenters. The zero-order valence-electron chi connectivity index (χ0n) is 15.7. The molecule has 1 aliphatic heterocycles. The van der Waals surface area contributed by atoms with Crippen LogP contribution in [-0.4, -0.2) is 52.0 Å². The lowest BCUT2D eigenvalue weighted by atomic mass is 10.0. The molecule has 1 heterocycles. The van der Waals surface area contributed by atoms with Crippen molar-refractivity contribution in [2.24, 2.45) is 10.9 Å². The van der Waals surface area contributed by atoms with Crippen LogP contribution < -0.4 is 10.6 Å². The molecule has 1 aliphatic carbocycles. The van der Waals surface area contributed by atoms with E-state index in [-0.39, 0.29) is 24.0 Å². The first-order valence-electron chi connectivity index (χ1n) is 9.54. The maximum absolute atomic E-state index is 5.80. The number of nitrogens with zero attached hydrogens (tertiary/aromatic N) is 1. The summed E-state index contributed by atoms with van der Waals surface area (Å²) in [4.78, 5) is 4.33. The van der Waals surface area contributed by atoms with Gasteiger partial charge in [-0.05, 0) is 37.2 Å². The average molecular weight is 473 g/mol. The third-order valence-electron chi connectivity index (χ3n) is 5.02. The summed E-state index contributed by atoms with van der Waals surface area (Å²) in [6.45, 7) is 4.34. The summed E-state index contributed by atoms with van der Waals surface area (Å²) in [5.41, 5.74) is 1.41. The van der Waals surface area contributed by atoms with E-state index in [2.05, 4.69) is 46.0 Å². The van der Waals surface area contributed by atoms with Crippen molar-refractivity contribution in [3.05, 3.63) is 35.9 Å². The molecule has 0 bridgehead atoms. The SMILES string of the molecule is CN=C(NCCCOCC1CCOCC1)NC1CC1c1ccccc1.I. The first-order valence-corrected chi connectivity index (χ1v) is 9.54. The van der Waals surface area contributed by atoms with Crippen molar-refractivity contribution >= 4 is 29.9 Å². The Labute approximate surface area is 174 Å². The summed E-state index contributed by atoms with van der Waals surface area (Å²) in [6, 6.07) is 11.2. The van der Waals surface area contributed by atoms with Crippen LogP contribution in [0.1, 0.15) is 37.2 Å². The molecule has 2 aliphatic rings. The third-order valence-corrected chi connectivity index (χ3v) is 5.02. The Morgan fingerprint density at radius 2 is 2.00 bits per heavy atom. The number of ether oxygens (including phenoxy) is 2. The molecular formula is C20H32IN3O2. The van der Waals surface area contributed by atoms with E-state index in [0.29, 0.717) is 17.9 Å². The van der Waals surface area contributed by atoms with Crippen LogP contribution in [-0.2, 0) is 9.47 Å². The van der Waals surface area contributed by atoms with Gasteiger partial charge in [-0.3, -0.25) is 4.99 Å². The Kier molecular flexibility index (Phi) is 9.71. The van der Waals surface area contributed by atoms with Crippen molar-refractivity contribution in [2.75, 3.05) is 40.0 Å². The molecule has 26 heavy (non-hydrogen) atoms. The Morgan fingerprint density at radius 3 is 2.73 bits per heavy atom. The summed E-state index contributed by atoms with van der Waals surface area (Å²) in [7, 11) is 1.83. The molecule has 146 valence electrons. The van der Waals surface area contributed by atoms with Gasteiger partial charge in [-0.2, -0.15) is 0 Å². The average Bonchev–Trinajstić information content (AvgIpc) is 3.44. The number of nitrogens with one attached hydrogen (secondary N) is 2. The number of rotatable bonds is 8. The Balaban J connectivity index is 0.00000243. The van der Waals surface area contributed by atoms with E-state index in [1.165, 1.54) is 12.0 Å². The van der Waals surface area contributed by atoms with Crippen molar-refractivity contribution in [3.8, 4) is 0 Å². The van der Waals surface area contributed by atoms with Gasteiger partial charge in [0.15, 0.2) is 5.96 Å². The maximum Gasteiger partial charge on any atom is 0.191 e. The number of guanidine groups is 1. The lowest BCUT2D eigenvalue weighted by molar-refractivity contribution is 0.0203. The standard InChI is InChI=1S/C20H31N3O2.HI/c1-21-20(23-19-14-18(19)17-6-3-2-4-7-17)22-10-5-11-25-15-16-8-12-24-13-9-16;/h2-4,6-7,16,18-19H,5,8-15H2,1H3,(H2,21,22,23);1H. The molecule has 1 aromatic rings. The molecule has 2 unspecified atom stereocenters. The van der Waals surface area contributed by atoms with Gasteiger partial charge in [0.1, 0.15) is 0 Å². The van der Waals surface area contributed by atoms with E-state index in [9.17, 15) is 0 Å². The van der Waals surface area contributed by atoms with Crippen LogP contribution in [0.15, 0.2) is 35.3 Å². The summed E-state index contributed by atoms with van der Waals surface area (Å²) in [5.74, 6) is 2.19. The summed E-state index contributed by atoms with van der Waals surface area (Å²) >= 11 is 0. The van der Waals surface area contributed by atoms with E-state index < -0.39 is 0 Å². The summed E-state index contributed by atoms with van der Waals surface area (Å²) in [6.07, 6.45) is 4.45. The molecule has 0 spiro atoms. The van der Waals surface area contributed by atoms with E-state index in [4.69, 9.17) is 9.47 Å². The predicted molar refractivity (Wildman–Crippen MR) is 116 cm³/mol. The number of halogens is 1. The van der Waals surface area contributed by atoms with Crippen molar-refractivity contribution < 1.29 is 9.47 Å². The molecule has 0 amide bonds. The molecule has 3 rings (SSSR count). The largest absolute Gasteiger partial charge is 0.381 e. The molecule has 2 N–H and O–H groups in total. The first kappa shape index (κ1) is 21.4. The van der Waals surface area contributed by atoms with Crippen LogP contribution in [0.5, 0.6) is 0 Å². The summed E-state index contributed by atoms with van der Waals surface area (Å²) < 4.78 is 11.2. The zero-order chi connectivity index (χ0) is 17.3. The molecule has 0 aromatic heterocycles. The van der Waals surface area contributed by atoms with Crippen molar-refractivity contribution in [1.29, 1.82) is 0 Å². The molecule has 1 saturated carbocycles. The monoisotopic (exact) mass is 473 g/mol. The highest BCUT2D eigenvalue weighted by molar-refractivity contribution is 14.0. The zero-order valence-corrected chi connectivity index (χ0v) is 18.0. The predicted octanol–water partition coefficient (Wildman–Crippen LogP) is 3.16. The van der Waals surface area contributed by atoms with E-state index in [1.54, 1.807) is 0 Å². The highest BCUT2D eigenvalue weighted by Crippen LogP contribution is 2.40. The van der Waals surface area contributed by atoms with E-state index in [0.717, 1.165) is 58.2 Å². The molecule has 1 saturated heterocycles. The number of hydrogen-bond donors (Lipinski definition) is 2. The number of hydrogen-bond acceptors (Lipinski definition) is 3. The van der Waals surface area contributed by atoms with Crippen molar-refractivity contribution in [1.82, 2.24) is 10.6 Å². The minimum Gasteiger partial charge on any atom is -0.381 e. The van der Waals surface area contributed by atoms with Gasteiger partial charge in [0.25, 0.3) is 0 Å². The topological polar surface area (TPSA) is 54.9 Å². The fourth-order valence-corrected chi connectivity index (χ4v) is 3.34. The maximum atomic E-state index is 5.80. The molecule has 5 nitrogen and oxygen atoms in total. The van der Waals surface area contributed by atoms with Gasteiger partial charge in [-0.15, -0.1) is 24.0 Å². The molecule has 0 radical (unpaired) electrons. The van der Waals surface area contributed by atoms with Crippen LogP contribution in [0.2, 0.25) is 0 Å². The van der Waals surface area contributed by atoms with Crippen LogP contribution in [0.25, 0.3) is 0 Å². The van der Waals surface area contributed by atoms with Gasteiger partial charge in [-0.1, -0.05) is 30.3 Å². The summed E-state index contributed by atoms with van der Waals surface area (Å²) in [5, 5.41) is 6.91. The quantitative estimate of drug-likeness (QED) is 0.264. The molecular weight excluding hydrogens is 441 g/mol. The lowest BCUT2D eigenvalue weighted by Gasteiger charge is -2.21. The Morgan fingerprint density at radius 1 is 1.23 bits per heavy atom. The Hall–Kier alpha value is -0.860. The van der Waals surface area contributed by atoms with Crippen LogP contribution in [0.3, 0.4) is 0 Å². The van der Waals surface area contributed by atoms with Crippen LogP contribution >= 0.6 is 24.0 Å². The van der Waals surface area contributed by atoms with Gasteiger partial charge in [0, 0.05) is 52.0 Å². The number of aliphatic imine (C=N–C) groups is 1. The fraction of sp³-hybridized carbons (Fsp3) is 0.650. The number of benzene rings is 1. The third kappa shape index (κ3) is 7.04. The molecule has 2 fully saturated rings. The highest BCUT2D eigenvalue weighted by atomic mass is 127. The highest BCUT2D eigenvalue weighted by Gasteiger charge is 2.38. The minimum absolute atomic E-state index is 0. The van der Waals surface area contributed by atoms with Crippen LogP contribution in [0.4, 0.5) is 0 Å². The molecule has 1 aromatic carbocycles. The van der Waals surface area contributed by atoms with Gasteiger partial charge in [0.2, 0.25) is 0 Å². The van der Waals surface area contributed by atoms with E-state index >= 15 is 0 Å². The second kappa shape index (κ2) is 11.8. The minimum atomic E-state index is 0. The normalized spacial score (nSPS) is 23.2. The second-order valence-electron chi connectivity index (χ2n) is 6.99. The van der Waals surface area contributed by atoms with Gasteiger partial charge >= 0.3 is 0 Å².